The Bertz CT molecular complexity index is 723. The average Bonchev–Trinajstić information content (AvgIpc) is 3.30. The second-order valence-corrected chi connectivity index (χ2v) is 6.23. The number of rotatable bonds is 5. The van der Waals surface area contributed by atoms with Gasteiger partial charge in [-0.2, -0.15) is 0 Å². The summed E-state index contributed by atoms with van der Waals surface area (Å²) in [6, 6.07) is 14.2. The number of ether oxygens (including phenoxy) is 1. The van der Waals surface area contributed by atoms with Crippen molar-refractivity contribution in [3.05, 3.63) is 64.7 Å². The average molecular weight is 309 g/mol. The monoisotopic (exact) mass is 309 g/mol. The van der Waals surface area contributed by atoms with Crippen molar-refractivity contribution in [2.45, 2.75) is 39.2 Å². The number of benzene rings is 2. The van der Waals surface area contributed by atoms with Gasteiger partial charge in [0.15, 0.2) is 0 Å². The van der Waals surface area contributed by atoms with E-state index in [1.165, 1.54) is 11.1 Å². The predicted octanol–water partition coefficient (Wildman–Crippen LogP) is 3.99. The second kappa shape index (κ2) is 6.45. The maximum atomic E-state index is 12.4. The molecule has 1 amide bonds. The molecule has 1 saturated carbocycles. The first-order valence-corrected chi connectivity index (χ1v) is 8.19. The van der Waals surface area contributed by atoms with Crippen LogP contribution in [0.25, 0.3) is 0 Å². The third-order valence-corrected chi connectivity index (χ3v) is 4.47. The maximum Gasteiger partial charge on any atom is 0.251 e. The van der Waals surface area contributed by atoms with Gasteiger partial charge in [-0.25, -0.2) is 0 Å². The molecular formula is C20H23NO2. The number of nitrogens with one attached hydrogen (secondary N) is 1. The van der Waals surface area contributed by atoms with Crippen molar-refractivity contribution in [3.8, 4) is 5.75 Å². The Balaban J connectivity index is 1.63. The summed E-state index contributed by atoms with van der Waals surface area (Å²) in [5.41, 5.74) is 4.33. The summed E-state index contributed by atoms with van der Waals surface area (Å²) < 4.78 is 5.55. The van der Waals surface area contributed by atoms with Gasteiger partial charge < -0.3 is 10.1 Å². The third-order valence-electron chi connectivity index (χ3n) is 4.47. The molecule has 3 nitrogen and oxygen atoms in total. The molecule has 0 heterocycles. The SMILES string of the molecule is CCOc1cccc([C@H]2C[C@H]2NC(=O)c2ccc(C)c(C)c2)c1. The van der Waals surface area contributed by atoms with Crippen LogP contribution >= 0.6 is 0 Å². The Kier molecular flexibility index (Phi) is 4.37. The molecule has 120 valence electrons. The van der Waals surface area contributed by atoms with Crippen LogP contribution in [-0.4, -0.2) is 18.6 Å². The molecular weight excluding hydrogens is 286 g/mol. The zero-order valence-corrected chi connectivity index (χ0v) is 13.9. The van der Waals surface area contributed by atoms with E-state index in [9.17, 15) is 4.79 Å². The van der Waals surface area contributed by atoms with Gasteiger partial charge in [0.1, 0.15) is 5.75 Å². The highest BCUT2D eigenvalue weighted by molar-refractivity contribution is 5.95. The van der Waals surface area contributed by atoms with Gasteiger partial charge in [0, 0.05) is 17.5 Å². The molecule has 0 bridgehead atoms. The zero-order valence-electron chi connectivity index (χ0n) is 13.9. The molecule has 1 fully saturated rings. The first kappa shape index (κ1) is 15.6. The Morgan fingerprint density at radius 1 is 1.17 bits per heavy atom. The lowest BCUT2D eigenvalue weighted by Crippen LogP contribution is -2.26. The van der Waals surface area contributed by atoms with Crippen LogP contribution in [0.5, 0.6) is 5.75 Å². The minimum Gasteiger partial charge on any atom is -0.494 e. The highest BCUT2D eigenvalue weighted by Gasteiger charge is 2.39. The molecule has 1 N–H and O–H groups in total. The third kappa shape index (κ3) is 3.55. The van der Waals surface area contributed by atoms with Crippen molar-refractivity contribution in [1.82, 2.24) is 5.32 Å². The summed E-state index contributed by atoms with van der Waals surface area (Å²) >= 11 is 0. The molecule has 0 saturated heterocycles. The quantitative estimate of drug-likeness (QED) is 0.907. The minimum absolute atomic E-state index is 0.0153. The topological polar surface area (TPSA) is 38.3 Å². The van der Waals surface area contributed by atoms with Crippen LogP contribution in [0.1, 0.15) is 46.3 Å². The van der Waals surface area contributed by atoms with Crippen LogP contribution < -0.4 is 10.1 Å². The Labute approximate surface area is 137 Å². The van der Waals surface area contributed by atoms with E-state index in [2.05, 4.69) is 24.4 Å². The van der Waals surface area contributed by atoms with Crippen molar-refractivity contribution in [2.24, 2.45) is 0 Å². The number of hydrogen-bond donors (Lipinski definition) is 1. The first-order valence-electron chi connectivity index (χ1n) is 8.19. The van der Waals surface area contributed by atoms with Gasteiger partial charge in [0.25, 0.3) is 5.91 Å². The van der Waals surface area contributed by atoms with Crippen LogP contribution in [0.2, 0.25) is 0 Å². The molecule has 2 aromatic carbocycles. The second-order valence-electron chi connectivity index (χ2n) is 6.23. The molecule has 0 radical (unpaired) electrons. The van der Waals surface area contributed by atoms with Gasteiger partial charge in [-0.15, -0.1) is 0 Å². The van der Waals surface area contributed by atoms with Crippen molar-refractivity contribution >= 4 is 5.91 Å². The molecule has 0 aromatic heterocycles. The van der Waals surface area contributed by atoms with Crippen LogP contribution in [0.4, 0.5) is 0 Å². The molecule has 3 rings (SSSR count). The first-order chi connectivity index (χ1) is 11.1. The fraction of sp³-hybridized carbons (Fsp3) is 0.350. The number of carbonyl (C=O) groups is 1. The van der Waals surface area contributed by atoms with Crippen LogP contribution in [0, 0.1) is 13.8 Å². The van der Waals surface area contributed by atoms with Crippen molar-refractivity contribution < 1.29 is 9.53 Å². The Morgan fingerprint density at radius 2 is 2.00 bits per heavy atom. The molecule has 0 aliphatic heterocycles. The fourth-order valence-corrected chi connectivity index (χ4v) is 2.86. The van der Waals surface area contributed by atoms with E-state index in [0.29, 0.717) is 12.5 Å². The van der Waals surface area contributed by atoms with E-state index < -0.39 is 0 Å². The normalized spacial score (nSPS) is 19.3. The summed E-state index contributed by atoms with van der Waals surface area (Å²) in [7, 11) is 0. The lowest BCUT2D eigenvalue weighted by Gasteiger charge is -2.08. The van der Waals surface area contributed by atoms with Gasteiger partial charge >= 0.3 is 0 Å². The lowest BCUT2D eigenvalue weighted by molar-refractivity contribution is 0.0950. The van der Waals surface area contributed by atoms with E-state index in [4.69, 9.17) is 4.74 Å². The van der Waals surface area contributed by atoms with Gasteiger partial charge in [0.2, 0.25) is 0 Å². The van der Waals surface area contributed by atoms with E-state index in [1.807, 2.05) is 44.2 Å². The minimum atomic E-state index is 0.0153. The predicted molar refractivity (Wildman–Crippen MR) is 92.1 cm³/mol. The van der Waals surface area contributed by atoms with Gasteiger partial charge in [0.05, 0.1) is 6.61 Å². The molecule has 3 heteroatoms. The molecule has 2 aromatic rings. The van der Waals surface area contributed by atoms with Crippen molar-refractivity contribution in [1.29, 1.82) is 0 Å². The van der Waals surface area contributed by atoms with Crippen molar-refractivity contribution in [2.75, 3.05) is 6.61 Å². The molecule has 0 spiro atoms. The summed E-state index contributed by atoms with van der Waals surface area (Å²) in [4.78, 5) is 12.4. The Morgan fingerprint density at radius 3 is 2.74 bits per heavy atom. The number of hydrogen-bond acceptors (Lipinski definition) is 2. The standard InChI is InChI=1S/C20H23NO2/c1-4-23-17-7-5-6-15(11-17)18-12-19(18)21-20(22)16-9-8-13(2)14(3)10-16/h5-11,18-19H,4,12H2,1-3H3,(H,21,22)/t18-,19-/m1/s1. The molecule has 23 heavy (non-hydrogen) atoms. The summed E-state index contributed by atoms with van der Waals surface area (Å²) in [6.45, 7) is 6.74. The summed E-state index contributed by atoms with van der Waals surface area (Å²) in [5, 5.41) is 3.14. The van der Waals surface area contributed by atoms with Gasteiger partial charge in [-0.1, -0.05) is 18.2 Å². The fourth-order valence-electron chi connectivity index (χ4n) is 2.86. The summed E-state index contributed by atoms with van der Waals surface area (Å²) in [5.74, 6) is 1.31. The highest BCUT2D eigenvalue weighted by Crippen LogP contribution is 2.41. The van der Waals surface area contributed by atoms with Gasteiger partial charge in [-0.05, 0) is 68.1 Å². The van der Waals surface area contributed by atoms with E-state index in [-0.39, 0.29) is 11.9 Å². The number of aryl methyl sites for hydroxylation is 2. The largest absolute Gasteiger partial charge is 0.494 e. The molecule has 2 atom stereocenters. The highest BCUT2D eigenvalue weighted by atomic mass is 16.5. The van der Waals surface area contributed by atoms with Crippen LogP contribution in [-0.2, 0) is 0 Å². The lowest BCUT2D eigenvalue weighted by atomic mass is 10.1. The van der Waals surface area contributed by atoms with E-state index >= 15 is 0 Å². The summed E-state index contributed by atoms with van der Waals surface area (Å²) in [6.07, 6.45) is 0.992. The van der Waals surface area contributed by atoms with E-state index in [1.54, 1.807) is 0 Å². The molecule has 1 aliphatic carbocycles. The zero-order chi connectivity index (χ0) is 16.4. The smallest absolute Gasteiger partial charge is 0.251 e. The van der Waals surface area contributed by atoms with Crippen molar-refractivity contribution in [3.63, 3.8) is 0 Å². The number of amides is 1. The molecule has 1 aliphatic rings. The number of carbonyl (C=O) groups excluding carboxylic acids is 1. The Hall–Kier alpha value is -2.29. The van der Waals surface area contributed by atoms with E-state index in [0.717, 1.165) is 23.3 Å². The maximum absolute atomic E-state index is 12.4. The van der Waals surface area contributed by atoms with Crippen LogP contribution in [0.3, 0.4) is 0 Å². The van der Waals surface area contributed by atoms with Gasteiger partial charge in [-0.3, -0.25) is 4.79 Å². The van der Waals surface area contributed by atoms with Crippen LogP contribution in [0.15, 0.2) is 42.5 Å². The molecule has 0 unspecified atom stereocenters.